The molecule has 0 bridgehead atoms. The quantitative estimate of drug-likeness (QED) is 0.791. The molecule has 6 heteroatoms. The van der Waals surface area contributed by atoms with Gasteiger partial charge in [0.25, 0.3) is 5.91 Å². The number of carboxylic acids is 1. The molecule has 2 rings (SSSR count). The average Bonchev–Trinajstić information content (AvgIpc) is 2.97. The van der Waals surface area contributed by atoms with Gasteiger partial charge in [0.2, 0.25) is 0 Å². The molecule has 0 radical (unpaired) electrons. The Balaban J connectivity index is 2.18. The summed E-state index contributed by atoms with van der Waals surface area (Å²) in [7, 11) is 0. The zero-order valence-electron chi connectivity index (χ0n) is 16.0. The number of hydrogen-bond acceptors (Lipinski definition) is 3. The van der Waals surface area contributed by atoms with Crippen LogP contribution in [0.2, 0.25) is 0 Å². The van der Waals surface area contributed by atoms with Crippen molar-refractivity contribution in [3.63, 3.8) is 0 Å². The number of carbonyl (C=O) groups is 2. The van der Waals surface area contributed by atoms with Crippen molar-refractivity contribution < 1.29 is 14.7 Å². The Morgan fingerprint density at radius 2 is 1.85 bits per heavy atom. The SMILES string of the molecule is CCc1c(C(=O)Nc2ccc(C(C)(C)C(=O)O)cc2)cnn1CC(C)C. The van der Waals surface area contributed by atoms with Crippen LogP contribution in [0.5, 0.6) is 0 Å². The molecule has 1 amide bonds. The van der Waals surface area contributed by atoms with Crippen molar-refractivity contribution in [1.82, 2.24) is 9.78 Å². The minimum absolute atomic E-state index is 0.206. The smallest absolute Gasteiger partial charge is 0.313 e. The predicted molar refractivity (Wildman–Crippen MR) is 102 cm³/mol. The number of nitrogens with zero attached hydrogens (tertiary/aromatic N) is 2. The van der Waals surface area contributed by atoms with Crippen LogP contribution in [0.15, 0.2) is 30.5 Å². The van der Waals surface area contributed by atoms with Gasteiger partial charge in [-0.2, -0.15) is 5.10 Å². The molecule has 0 spiro atoms. The van der Waals surface area contributed by atoms with Crippen LogP contribution in [0.3, 0.4) is 0 Å². The molecule has 2 aromatic rings. The van der Waals surface area contributed by atoms with Gasteiger partial charge in [-0.25, -0.2) is 0 Å². The van der Waals surface area contributed by atoms with Crippen molar-refractivity contribution in [1.29, 1.82) is 0 Å². The molecular formula is C20H27N3O3. The second kappa shape index (κ2) is 7.72. The molecule has 0 saturated heterocycles. The van der Waals surface area contributed by atoms with Crippen LogP contribution in [0.1, 0.15) is 56.2 Å². The van der Waals surface area contributed by atoms with Gasteiger partial charge in [0.05, 0.1) is 22.9 Å². The summed E-state index contributed by atoms with van der Waals surface area (Å²) < 4.78 is 1.89. The number of carboxylic acid groups (broad SMARTS) is 1. The largest absolute Gasteiger partial charge is 0.481 e. The lowest BCUT2D eigenvalue weighted by atomic mass is 9.85. The fourth-order valence-corrected chi connectivity index (χ4v) is 2.77. The highest BCUT2D eigenvalue weighted by Gasteiger charge is 2.29. The van der Waals surface area contributed by atoms with Crippen molar-refractivity contribution in [3.8, 4) is 0 Å². The van der Waals surface area contributed by atoms with Crippen molar-refractivity contribution in [2.45, 2.75) is 53.0 Å². The summed E-state index contributed by atoms with van der Waals surface area (Å²) in [5.74, 6) is -0.650. The van der Waals surface area contributed by atoms with Crippen LogP contribution in [-0.2, 0) is 23.2 Å². The normalized spacial score (nSPS) is 11.6. The van der Waals surface area contributed by atoms with Crippen molar-refractivity contribution in [2.24, 2.45) is 5.92 Å². The van der Waals surface area contributed by atoms with Gasteiger partial charge in [-0.3, -0.25) is 14.3 Å². The number of amides is 1. The third kappa shape index (κ3) is 4.12. The molecule has 1 aromatic carbocycles. The zero-order chi connectivity index (χ0) is 19.5. The van der Waals surface area contributed by atoms with Gasteiger partial charge in [-0.15, -0.1) is 0 Å². The van der Waals surface area contributed by atoms with Crippen LogP contribution in [0.4, 0.5) is 5.69 Å². The number of hydrogen-bond donors (Lipinski definition) is 2. The molecule has 0 saturated carbocycles. The summed E-state index contributed by atoms with van der Waals surface area (Å²) in [5, 5.41) is 16.5. The van der Waals surface area contributed by atoms with Crippen LogP contribution in [0, 0.1) is 5.92 Å². The highest BCUT2D eigenvalue weighted by molar-refractivity contribution is 6.05. The Morgan fingerprint density at radius 1 is 1.23 bits per heavy atom. The lowest BCUT2D eigenvalue weighted by Gasteiger charge is -2.19. The average molecular weight is 357 g/mol. The maximum Gasteiger partial charge on any atom is 0.313 e. The number of nitrogens with one attached hydrogen (secondary N) is 1. The Labute approximate surface area is 154 Å². The molecule has 6 nitrogen and oxygen atoms in total. The second-order valence-corrected chi connectivity index (χ2v) is 7.40. The zero-order valence-corrected chi connectivity index (χ0v) is 16.0. The summed E-state index contributed by atoms with van der Waals surface area (Å²) in [6.07, 6.45) is 2.33. The third-order valence-electron chi connectivity index (χ3n) is 4.47. The Bertz CT molecular complexity index is 789. The Morgan fingerprint density at radius 3 is 2.35 bits per heavy atom. The van der Waals surface area contributed by atoms with E-state index in [2.05, 4.69) is 24.3 Å². The van der Waals surface area contributed by atoms with Gasteiger partial charge in [0.1, 0.15) is 0 Å². The van der Waals surface area contributed by atoms with Gasteiger partial charge >= 0.3 is 5.97 Å². The second-order valence-electron chi connectivity index (χ2n) is 7.40. The predicted octanol–water partition coefficient (Wildman–Crippen LogP) is 3.72. The van der Waals surface area contributed by atoms with Crippen molar-refractivity contribution in [2.75, 3.05) is 5.32 Å². The summed E-state index contributed by atoms with van der Waals surface area (Å²) in [4.78, 5) is 24.0. The summed E-state index contributed by atoms with van der Waals surface area (Å²) in [5.41, 5.74) is 1.82. The first-order valence-corrected chi connectivity index (χ1v) is 8.86. The first kappa shape index (κ1) is 19.7. The molecule has 0 unspecified atom stereocenters. The monoisotopic (exact) mass is 357 g/mol. The third-order valence-corrected chi connectivity index (χ3v) is 4.47. The van der Waals surface area contributed by atoms with E-state index in [1.165, 1.54) is 0 Å². The topological polar surface area (TPSA) is 84.2 Å². The fourth-order valence-electron chi connectivity index (χ4n) is 2.77. The molecule has 0 fully saturated rings. The molecule has 0 atom stereocenters. The number of aromatic nitrogens is 2. The molecular weight excluding hydrogens is 330 g/mol. The maximum atomic E-state index is 12.6. The standard InChI is InChI=1S/C20H27N3O3/c1-6-17-16(11-21-23(17)12-13(2)3)18(24)22-15-9-7-14(8-10-15)20(4,5)19(25)26/h7-11,13H,6,12H2,1-5H3,(H,22,24)(H,25,26). The molecule has 0 aliphatic heterocycles. The van der Waals surface area contributed by atoms with Crippen molar-refractivity contribution >= 4 is 17.6 Å². The lowest BCUT2D eigenvalue weighted by molar-refractivity contribution is -0.142. The first-order chi connectivity index (χ1) is 12.2. The van der Waals surface area contributed by atoms with E-state index in [1.807, 2.05) is 11.6 Å². The molecule has 0 aliphatic rings. The van der Waals surface area contributed by atoms with E-state index >= 15 is 0 Å². The summed E-state index contributed by atoms with van der Waals surface area (Å²) in [6, 6.07) is 6.91. The molecule has 26 heavy (non-hydrogen) atoms. The Kier molecular flexibility index (Phi) is 5.85. The van der Waals surface area contributed by atoms with Crippen LogP contribution >= 0.6 is 0 Å². The number of carbonyl (C=O) groups excluding carboxylic acids is 1. The van der Waals surface area contributed by atoms with Gasteiger partial charge < -0.3 is 10.4 Å². The van der Waals surface area contributed by atoms with Gasteiger partial charge in [0.15, 0.2) is 0 Å². The van der Waals surface area contributed by atoms with Gasteiger partial charge in [-0.05, 0) is 43.9 Å². The van der Waals surface area contributed by atoms with E-state index in [4.69, 9.17) is 0 Å². The number of anilines is 1. The molecule has 1 heterocycles. The van der Waals surface area contributed by atoms with Gasteiger partial charge in [-0.1, -0.05) is 32.9 Å². The van der Waals surface area contributed by atoms with Crippen LogP contribution in [-0.4, -0.2) is 26.8 Å². The summed E-state index contributed by atoms with van der Waals surface area (Å²) >= 11 is 0. The van der Waals surface area contributed by atoms with Gasteiger partial charge in [0, 0.05) is 12.2 Å². The highest BCUT2D eigenvalue weighted by atomic mass is 16.4. The molecule has 0 aliphatic carbocycles. The van der Waals surface area contributed by atoms with Crippen molar-refractivity contribution in [3.05, 3.63) is 47.3 Å². The molecule has 140 valence electrons. The van der Waals surface area contributed by atoms with E-state index < -0.39 is 11.4 Å². The minimum Gasteiger partial charge on any atom is -0.481 e. The number of rotatable bonds is 7. The summed E-state index contributed by atoms with van der Waals surface area (Å²) in [6.45, 7) is 10.3. The first-order valence-electron chi connectivity index (χ1n) is 8.86. The highest BCUT2D eigenvalue weighted by Crippen LogP contribution is 2.25. The van der Waals surface area contributed by atoms with Crippen LogP contribution in [0.25, 0.3) is 0 Å². The fraction of sp³-hybridized carbons (Fsp3) is 0.450. The Hall–Kier alpha value is -2.63. The van der Waals surface area contributed by atoms with E-state index in [0.717, 1.165) is 18.7 Å². The number of benzene rings is 1. The maximum absolute atomic E-state index is 12.6. The number of aliphatic carboxylic acids is 1. The van der Waals surface area contributed by atoms with Crippen LogP contribution < -0.4 is 5.32 Å². The van der Waals surface area contributed by atoms with E-state index in [-0.39, 0.29) is 5.91 Å². The lowest BCUT2D eigenvalue weighted by Crippen LogP contribution is -2.28. The van der Waals surface area contributed by atoms with E-state index in [0.29, 0.717) is 22.7 Å². The van der Waals surface area contributed by atoms with E-state index in [9.17, 15) is 14.7 Å². The molecule has 1 aromatic heterocycles. The van der Waals surface area contributed by atoms with E-state index in [1.54, 1.807) is 44.3 Å². The molecule has 2 N–H and O–H groups in total. The minimum atomic E-state index is -0.976.